The molecule has 4 aliphatic rings. The first-order chi connectivity index (χ1) is 15.1. The molecule has 3 saturated carbocycles. The van der Waals surface area contributed by atoms with Crippen molar-refractivity contribution in [2.45, 2.75) is 105 Å². The SMILES string of the molecule is CCCCCC(C)[C@@H]1CC(=O)[C@@]2(C)CC[C@H]3[C@@H](CCC4=C(OC(C)=O)C(=O)CC[C@@]43C)[C@H]12. The molecule has 0 aliphatic heterocycles. The van der Waals surface area contributed by atoms with Crippen LogP contribution in [0.1, 0.15) is 105 Å². The average Bonchev–Trinajstić information content (AvgIpc) is 3.01. The fraction of sp³-hybridized carbons (Fsp3) is 0.821. The van der Waals surface area contributed by atoms with Crippen LogP contribution >= 0.6 is 0 Å². The normalized spacial score (nSPS) is 39.9. The molecule has 4 heteroatoms. The molecule has 4 rings (SSSR count). The Morgan fingerprint density at radius 2 is 1.84 bits per heavy atom. The number of fused-ring (bicyclic) bond motifs is 5. The number of Topliss-reactive ketones (excluding diaryl/α,β-unsaturated/α-hetero) is 2. The van der Waals surface area contributed by atoms with Gasteiger partial charge >= 0.3 is 5.97 Å². The highest BCUT2D eigenvalue weighted by Gasteiger charge is 2.63. The number of rotatable bonds is 6. The lowest BCUT2D eigenvalue weighted by Gasteiger charge is -2.58. The number of ether oxygens (including phenoxy) is 1. The number of allylic oxidation sites excluding steroid dienone is 1. The van der Waals surface area contributed by atoms with Crippen LogP contribution in [0.3, 0.4) is 0 Å². The second-order valence-electron chi connectivity index (χ2n) is 11.8. The van der Waals surface area contributed by atoms with Crippen LogP contribution < -0.4 is 0 Å². The summed E-state index contributed by atoms with van der Waals surface area (Å²) in [7, 11) is 0. The number of hydrogen-bond donors (Lipinski definition) is 0. The smallest absolute Gasteiger partial charge is 0.308 e. The molecule has 0 spiro atoms. The van der Waals surface area contributed by atoms with Gasteiger partial charge < -0.3 is 4.74 Å². The molecule has 1 unspecified atom stereocenters. The van der Waals surface area contributed by atoms with Gasteiger partial charge in [0.1, 0.15) is 5.78 Å². The van der Waals surface area contributed by atoms with Gasteiger partial charge in [0.15, 0.2) is 11.5 Å². The molecule has 0 heterocycles. The zero-order valence-corrected chi connectivity index (χ0v) is 20.8. The molecule has 0 aromatic carbocycles. The van der Waals surface area contributed by atoms with Crippen LogP contribution in [-0.4, -0.2) is 17.5 Å². The minimum Gasteiger partial charge on any atom is -0.423 e. The molecule has 0 bridgehead atoms. The predicted octanol–water partition coefficient (Wildman–Crippen LogP) is 6.42. The van der Waals surface area contributed by atoms with Gasteiger partial charge in [-0.05, 0) is 72.7 Å². The number of carbonyl (C=O) groups is 3. The van der Waals surface area contributed by atoms with Gasteiger partial charge in [0.05, 0.1) is 0 Å². The second-order valence-corrected chi connectivity index (χ2v) is 11.8. The van der Waals surface area contributed by atoms with Crippen molar-refractivity contribution in [3.8, 4) is 0 Å². The average molecular weight is 443 g/mol. The lowest BCUT2D eigenvalue weighted by Crippen LogP contribution is -2.52. The molecule has 4 nitrogen and oxygen atoms in total. The van der Waals surface area contributed by atoms with E-state index in [-0.39, 0.29) is 16.6 Å². The van der Waals surface area contributed by atoms with E-state index in [1.165, 1.54) is 32.6 Å². The van der Waals surface area contributed by atoms with Crippen LogP contribution in [0, 0.1) is 40.4 Å². The first-order valence-electron chi connectivity index (χ1n) is 13.1. The van der Waals surface area contributed by atoms with E-state index in [9.17, 15) is 14.4 Å². The van der Waals surface area contributed by atoms with Crippen molar-refractivity contribution in [1.29, 1.82) is 0 Å². The van der Waals surface area contributed by atoms with Gasteiger partial charge in [-0.1, -0.05) is 53.4 Å². The molecule has 3 fully saturated rings. The molecule has 0 radical (unpaired) electrons. The van der Waals surface area contributed by atoms with Gasteiger partial charge in [-0.3, -0.25) is 14.4 Å². The molecule has 0 amide bonds. The van der Waals surface area contributed by atoms with Crippen molar-refractivity contribution >= 4 is 17.5 Å². The summed E-state index contributed by atoms with van der Waals surface area (Å²) in [6.07, 6.45) is 10.9. The summed E-state index contributed by atoms with van der Waals surface area (Å²) in [5.74, 6) is 2.98. The van der Waals surface area contributed by atoms with Crippen LogP contribution in [0.15, 0.2) is 11.3 Å². The summed E-state index contributed by atoms with van der Waals surface area (Å²) in [4.78, 5) is 37.7. The first-order valence-corrected chi connectivity index (χ1v) is 13.1. The molecular formula is C28H42O4. The highest BCUT2D eigenvalue weighted by atomic mass is 16.5. The fourth-order valence-corrected chi connectivity index (χ4v) is 8.35. The monoisotopic (exact) mass is 442 g/mol. The van der Waals surface area contributed by atoms with Gasteiger partial charge in [0, 0.05) is 25.2 Å². The van der Waals surface area contributed by atoms with Crippen molar-refractivity contribution < 1.29 is 19.1 Å². The van der Waals surface area contributed by atoms with Gasteiger partial charge in [-0.25, -0.2) is 0 Å². The Bertz CT molecular complexity index is 825. The summed E-state index contributed by atoms with van der Waals surface area (Å²) in [6, 6.07) is 0. The van der Waals surface area contributed by atoms with E-state index in [2.05, 4.69) is 27.7 Å². The largest absolute Gasteiger partial charge is 0.423 e. The third-order valence-corrected chi connectivity index (χ3v) is 10.1. The van der Waals surface area contributed by atoms with Gasteiger partial charge in [0.25, 0.3) is 0 Å². The van der Waals surface area contributed by atoms with Crippen molar-refractivity contribution in [3.05, 3.63) is 11.3 Å². The van der Waals surface area contributed by atoms with E-state index in [0.717, 1.165) is 44.1 Å². The molecule has 0 aromatic rings. The summed E-state index contributed by atoms with van der Waals surface area (Å²) in [5.41, 5.74) is 0.821. The van der Waals surface area contributed by atoms with Crippen molar-refractivity contribution in [1.82, 2.24) is 0 Å². The number of carbonyl (C=O) groups excluding carboxylic acids is 3. The minimum atomic E-state index is -0.397. The molecule has 4 aliphatic carbocycles. The molecule has 32 heavy (non-hydrogen) atoms. The lowest BCUT2D eigenvalue weighted by molar-refractivity contribution is -0.143. The van der Waals surface area contributed by atoms with Gasteiger partial charge in [-0.15, -0.1) is 0 Å². The number of hydrogen-bond acceptors (Lipinski definition) is 4. The predicted molar refractivity (Wildman–Crippen MR) is 125 cm³/mol. The molecule has 0 aromatic heterocycles. The Morgan fingerprint density at radius 3 is 2.53 bits per heavy atom. The third-order valence-electron chi connectivity index (χ3n) is 10.1. The molecule has 7 atom stereocenters. The number of esters is 1. The van der Waals surface area contributed by atoms with Crippen molar-refractivity contribution in [3.63, 3.8) is 0 Å². The maximum absolute atomic E-state index is 13.3. The van der Waals surface area contributed by atoms with Gasteiger partial charge in [-0.2, -0.15) is 0 Å². The van der Waals surface area contributed by atoms with E-state index in [0.29, 0.717) is 47.6 Å². The Morgan fingerprint density at radius 1 is 1.09 bits per heavy atom. The Balaban J connectivity index is 1.66. The van der Waals surface area contributed by atoms with Crippen LogP contribution in [0.5, 0.6) is 0 Å². The van der Waals surface area contributed by atoms with E-state index in [1.807, 2.05) is 0 Å². The van der Waals surface area contributed by atoms with E-state index in [4.69, 9.17) is 4.74 Å². The van der Waals surface area contributed by atoms with Gasteiger partial charge in [0.2, 0.25) is 0 Å². The highest BCUT2D eigenvalue weighted by molar-refractivity contribution is 5.97. The summed E-state index contributed by atoms with van der Waals surface area (Å²) >= 11 is 0. The van der Waals surface area contributed by atoms with Crippen LogP contribution in [0.2, 0.25) is 0 Å². The number of unbranched alkanes of at least 4 members (excludes halogenated alkanes) is 2. The summed E-state index contributed by atoms with van der Waals surface area (Å²) in [6.45, 7) is 10.6. The lowest BCUT2D eigenvalue weighted by atomic mass is 9.46. The Hall–Kier alpha value is -1.45. The maximum atomic E-state index is 13.3. The summed E-state index contributed by atoms with van der Waals surface area (Å²) in [5, 5.41) is 0. The molecule has 0 N–H and O–H groups in total. The van der Waals surface area contributed by atoms with E-state index in [1.54, 1.807) is 0 Å². The van der Waals surface area contributed by atoms with Crippen LogP contribution in [-0.2, 0) is 19.1 Å². The molecule has 0 saturated heterocycles. The van der Waals surface area contributed by atoms with E-state index >= 15 is 0 Å². The zero-order valence-electron chi connectivity index (χ0n) is 20.8. The van der Waals surface area contributed by atoms with Crippen molar-refractivity contribution in [2.24, 2.45) is 40.4 Å². The van der Waals surface area contributed by atoms with Crippen LogP contribution in [0.25, 0.3) is 0 Å². The molecule has 178 valence electrons. The molecular weight excluding hydrogens is 400 g/mol. The third kappa shape index (κ3) is 3.70. The number of ketones is 2. The Labute approximate surface area is 193 Å². The highest BCUT2D eigenvalue weighted by Crippen LogP contribution is 2.67. The second kappa shape index (κ2) is 8.72. The first kappa shape index (κ1) is 23.7. The maximum Gasteiger partial charge on any atom is 0.308 e. The van der Waals surface area contributed by atoms with E-state index < -0.39 is 5.97 Å². The summed E-state index contributed by atoms with van der Waals surface area (Å²) < 4.78 is 5.49. The quantitative estimate of drug-likeness (QED) is 0.352. The standard InChI is InChI=1S/C28H42O4/c1-6-7-8-9-17(2)20-16-24(31)28(5)14-12-21-19(25(20)28)10-11-22-26(32-18(3)29)23(30)13-15-27(21,22)4/h17,19-21,25H,6-16H2,1-5H3/t17?,19-,20+,21+,25-,27-,28-/m1/s1. The van der Waals surface area contributed by atoms with Crippen molar-refractivity contribution in [2.75, 3.05) is 0 Å². The fourth-order valence-electron chi connectivity index (χ4n) is 8.35. The minimum absolute atomic E-state index is 0.00904. The Kier molecular flexibility index (Phi) is 6.46. The topological polar surface area (TPSA) is 60.4 Å². The van der Waals surface area contributed by atoms with Crippen LogP contribution in [0.4, 0.5) is 0 Å². The zero-order chi connectivity index (χ0) is 23.3.